The molecule has 4 nitrogen and oxygen atoms in total. The number of benzene rings is 2. The molecule has 0 unspecified atom stereocenters. The summed E-state index contributed by atoms with van der Waals surface area (Å²) in [6.45, 7) is 0.0157. The molecule has 0 radical (unpaired) electrons. The minimum atomic E-state index is -0.218. The fraction of sp³-hybridized carbons (Fsp3) is 0.0769. The maximum atomic E-state index is 11.8. The Morgan fingerprint density at radius 3 is 2.71 bits per heavy atom. The van der Waals surface area contributed by atoms with Gasteiger partial charge in [-0.3, -0.25) is 9.59 Å². The zero-order valence-electron chi connectivity index (χ0n) is 8.99. The van der Waals surface area contributed by atoms with Crippen LogP contribution in [0.1, 0.15) is 10.4 Å². The molecule has 0 saturated heterocycles. The van der Waals surface area contributed by atoms with Crippen LogP contribution in [0.2, 0.25) is 0 Å². The molecule has 17 heavy (non-hydrogen) atoms. The molecule has 0 bridgehead atoms. The summed E-state index contributed by atoms with van der Waals surface area (Å²) < 4.78 is 0. The van der Waals surface area contributed by atoms with Crippen molar-refractivity contribution in [3.8, 4) is 0 Å². The van der Waals surface area contributed by atoms with Gasteiger partial charge in [-0.15, -0.1) is 0 Å². The van der Waals surface area contributed by atoms with Crippen molar-refractivity contribution in [1.82, 2.24) is 5.32 Å². The van der Waals surface area contributed by atoms with Crippen molar-refractivity contribution in [2.75, 3.05) is 11.9 Å². The fourth-order valence-electron chi connectivity index (χ4n) is 2.03. The molecule has 1 aliphatic rings. The van der Waals surface area contributed by atoms with Crippen molar-refractivity contribution >= 4 is 28.3 Å². The summed E-state index contributed by atoms with van der Waals surface area (Å²) in [7, 11) is 0. The van der Waals surface area contributed by atoms with Crippen LogP contribution in [0.5, 0.6) is 0 Å². The smallest absolute Gasteiger partial charge is 0.253 e. The third kappa shape index (κ3) is 1.54. The van der Waals surface area contributed by atoms with Crippen LogP contribution in [-0.2, 0) is 4.79 Å². The Morgan fingerprint density at radius 1 is 1.00 bits per heavy atom. The van der Waals surface area contributed by atoms with Gasteiger partial charge in [-0.25, -0.2) is 0 Å². The molecule has 4 heteroatoms. The zero-order chi connectivity index (χ0) is 11.8. The SMILES string of the molecule is O=C1CNC(=O)c2ccc3ccccc3c2N1. The lowest BCUT2D eigenvalue weighted by Gasteiger charge is -2.08. The van der Waals surface area contributed by atoms with Crippen LogP contribution in [0.3, 0.4) is 0 Å². The number of hydrogen-bond acceptors (Lipinski definition) is 2. The van der Waals surface area contributed by atoms with E-state index in [0.717, 1.165) is 10.8 Å². The first kappa shape index (κ1) is 9.84. The highest BCUT2D eigenvalue weighted by Crippen LogP contribution is 2.28. The van der Waals surface area contributed by atoms with E-state index < -0.39 is 0 Å². The Morgan fingerprint density at radius 2 is 1.82 bits per heavy atom. The van der Waals surface area contributed by atoms with E-state index in [1.54, 1.807) is 6.07 Å². The van der Waals surface area contributed by atoms with E-state index in [4.69, 9.17) is 0 Å². The van der Waals surface area contributed by atoms with E-state index in [-0.39, 0.29) is 18.4 Å². The largest absolute Gasteiger partial charge is 0.343 e. The van der Waals surface area contributed by atoms with Crippen LogP contribution in [0.25, 0.3) is 10.8 Å². The number of rotatable bonds is 0. The Hall–Kier alpha value is -2.36. The van der Waals surface area contributed by atoms with Gasteiger partial charge in [-0.1, -0.05) is 30.3 Å². The van der Waals surface area contributed by atoms with Gasteiger partial charge in [0.15, 0.2) is 0 Å². The van der Waals surface area contributed by atoms with Crippen LogP contribution in [-0.4, -0.2) is 18.4 Å². The molecule has 3 rings (SSSR count). The monoisotopic (exact) mass is 226 g/mol. The second-order valence-corrected chi connectivity index (χ2v) is 3.94. The lowest BCUT2D eigenvalue weighted by Crippen LogP contribution is -2.28. The molecule has 1 aliphatic heterocycles. The first-order valence-corrected chi connectivity index (χ1v) is 5.35. The van der Waals surface area contributed by atoms with E-state index in [2.05, 4.69) is 10.6 Å². The molecule has 84 valence electrons. The topological polar surface area (TPSA) is 58.2 Å². The van der Waals surface area contributed by atoms with E-state index in [1.807, 2.05) is 30.3 Å². The average Bonchev–Trinajstić information content (AvgIpc) is 2.50. The minimum Gasteiger partial charge on any atom is -0.343 e. The average molecular weight is 226 g/mol. The summed E-state index contributed by atoms with van der Waals surface area (Å²) >= 11 is 0. The number of amides is 2. The summed E-state index contributed by atoms with van der Waals surface area (Å²) in [5.41, 5.74) is 1.11. The van der Waals surface area contributed by atoms with Gasteiger partial charge in [0.05, 0.1) is 17.8 Å². The Labute approximate surface area is 97.6 Å². The summed E-state index contributed by atoms with van der Waals surface area (Å²) in [5.74, 6) is -0.419. The van der Waals surface area contributed by atoms with Gasteiger partial charge >= 0.3 is 0 Å². The highest BCUT2D eigenvalue weighted by Gasteiger charge is 2.20. The van der Waals surface area contributed by atoms with Crippen molar-refractivity contribution in [1.29, 1.82) is 0 Å². The molecule has 0 fully saturated rings. The van der Waals surface area contributed by atoms with Gasteiger partial charge in [0.1, 0.15) is 0 Å². The van der Waals surface area contributed by atoms with Gasteiger partial charge in [0.25, 0.3) is 5.91 Å². The van der Waals surface area contributed by atoms with Crippen molar-refractivity contribution in [2.24, 2.45) is 0 Å². The van der Waals surface area contributed by atoms with Gasteiger partial charge in [-0.05, 0) is 11.5 Å². The van der Waals surface area contributed by atoms with Crippen LogP contribution < -0.4 is 10.6 Å². The van der Waals surface area contributed by atoms with Gasteiger partial charge in [-0.2, -0.15) is 0 Å². The molecular weight excluding hydrogens is 216 g/mol. The van der Waals surface area contributed by atoms with Gasteiger partial charge < -0.3 is 10.6 Å². The third-order valence-corrected chi connectivity index (χ3v) is 2.85. The molecule has 2 N–H and O–H groups in total. The van der Waals surface area contributed by atoms with E-state index in [9.17, 15) is 9.59 Å². The highest BCUT2D eigenvalue weighted by molar-refractivity contribution is 6.15. The molecule has 0 aliphatic carbocycles. The van der Waals surface area contributed by atoms with Crippen LogP contribution >= 0.6 is 0 Å². The Balaban J connectivity index is 2.33. The standard InChI is InChI=1S/C13H10N2O2/c16-11-7-14-13(17)10-6-5-8-3-1-2-4-9(8)12(10)15-11/h1-6H,7H2,(H,14,17)(H,15,16). The lowest BCUT2D eigenvalue weighted by atomic mass is 10.0. The Bertz CT molecular complexity index is 634. The van der Waals surface area contributed by atoms with Crippen molar-refractivity contribution in [2.45, 2.75) is 0 Å². The third-order valence-electron chi connectivity index (χ3n) is 2.85. The second-order valence-electron chi connectivity index (χ2n) is 3.94. The maximum absolute atomic E-state index is 11.8. The molecule has 2 aromatic rings. The molecule has 0 atom stereocenters. The van der Waals surface area contributed by atoms with E-state index in [0.29, 0.717) is 11.3 Å². The first-order chi connectivity index (χ1) is 8.25. The predicted octanol–water partition coefficient (Wildman–Crippen LogP) is 1.52. The quantitative estimate of drug-likeness (QED) is 0.715. The normalized spacial score (nSPS) is 14.8. The minimum absolute atomic E-state index is 0.0157. The van der Waals surface area contributed by atoms with Crippen molar-refractivity contribution in [3.63, 3.8) is 0 Å². The summed E-state index contributed by atoms with van der Waals surface area (Å²) in [6.07, 6.45) is 0. The number of hydrogen-bond donors (Lipinski definition) is 2. The Kier molecular flexibility index (Phi) is 2.08. The van der Waals surface area contributed by atoms with Crippen LogP contribution in [0, 0.1) is 0 Å². The summed E-state index contributed by atoms with van der Waals surface area (Å²) in [4.78, 5) is 23.3. The number of fused-ring (bicyclic) bond motifs is 3. The van der Waals surface area contributed by atoms with Crippen molar-refractivity contribution < 1.29 is 9.59 Å². The van der Waals surface area contributed by atoms with Crippen LogP contribution in [0.15, 0.2) is 36.4 Å². The number of carbonyl (C=O) groups excluding carboxylic acids is 2. The molecule has 1 heterocycles. The van der Waals surface area contributed by atoms with Crippen LogP contribution in [0.4, 0.5) is 5.69 Å². The number of anilines is 1. The molecule has 0 aromatic heterocycles. The highest BCUT2D eigenvalue weighted by atomic mass is 16.2. The van der Waals surface area contributed by atoms with E-state index >= 15 is 0 Å². The second kappa shape index (κ2) is 3.59. The summed E-state index contributed by atoms with van der Waals surface area (Å²) in [5, 5.41) is 7.22. The molecular formula is C13H10N2O2. The number of nitrogens with one attached hydrogen (secondary N) is 2. The van der Waals surface area contributed by atoms with E-state index in [1.165, 1.54) is 0 Å². The zero-order valence-corrected chi connectivity index (χ0v) is 8.99. The first-order valence-electron chi connectivity index (χ1n) is 5.35. The molecule has 2 amide bonds. The molecule has 0 saturated carbocycles. The number of carbonyl (C=O) groups is 2. The fourth-order valence-corrected chi connectivity index (χ4v) is 2.03. The molecule has 2 aromatic carbocycles. The lowest BCUT2D eigenvalue weighted by molar-refractivity contribution is -0.115. The predicted molar refractivity (Wildman–Crippen MR) is 64.9 cm³/mol. The summed E-state index contributed by atoms with van der Waals surface area (Å²) in [6, 6.07) is 11.3. The van der Waals surface area contributed by atoms with Gasteiger partial charge in [0, 0.05) is 5.39 Å². The molecule has 0 spiro atoms. The van der Waals surface area contributed by atoms with Crippen molar-refractivity contribution in [3.05, 3.63) is 42.0 Å². The maximum Gasteiger partial charge on any atom is 0.253 e. The van der Waals surface area contributed by atoms with Gasteiger partial charge in [0.2, 0.25) is 5.91 Å².